The molecule has 1 N–H and O–H groups in total. The quantitative estimate of drug-likeness (QED) is 0.469. The molecule has 0 amide bonds. The van der Waals surface area contributed by atoms with Crippen molar-refractivity contribution in [2.45, 2.75) is 27.2 Å². The van der Waals surface area contributed by atoms with Crippen molar-refractivity contribution in [2.75, 3.05) is 13.1 Å². The van der Waals surface area contributed by atoms with Gasteiger partial charge >= 0.3 is 0 Å². The van der Waals surface area contributed by atoms with Gasteiger partial charge < -0.3 is 5.32 Å². The summed E-state index contributed by atoms with van der Waals surface area (Å²) in [5, 5.41) is 14.1. The molecule has 0 radical (unpaired) electrons. The number of nitrogens with zero attached hydrogens (tertiary/aromatic N) is 1. The first-order valence-electron chi connectivity index (χ1n) is 5.96. The Morgan fingerprint density at radius 1 is 1.41 bits per heavy atom. The zero-order valence-corrected chi connectivity index (χ0v) is 10.7. The average molecular weight is 236 g/mol. The summed E-state index contributed by atoms with van der Waals surface area (Å²) in [6.45, 7) is 7.97. The molecule has 0 unspecified atom stereocenters. The van der Waals surface area contributed by atoms with Crippen molar-refractivity contribution in [2.24, 2.45) is 5.92 Å². The molecule has 1 aromatic carbocycles. The molecule has 0 atom stereocenters. The van der Waals surface area contributed by atoms with E-state index in [9.17, 15) is 10.1 Å². The van der Waals surface area contributed by atoms with Gasteiger partial charge in [-0.25, -0.2) is 0 Å². The van der Waals surface area contributed by atoms with Crippen molar-refractivity contribution in [3.63, 3.8) is 0 Å². The molecule has 0 saturated heterocycles. The van der Waals surface area contributed by atoms with Gasteiger partial charge in [-0.1, -0.05) is 26.0 Å². The van der Waals surface area contributed by atoms with Crippen LogP contribution in [-0.4, -0.2) is 18.0 Å². The zero-order valence-electron chi connectivity index (χ0n) is 10.7. The Morgan fingerprint density at radius 2 is 2.12 bits per heavy atom. The van der Waals surface area contributed by atoms with Crippen LogP contribution in [-0.2, 0) is 6.42 Å². The minimum Gasteiger partial charge on any atom is -0.316 e. The maximum atomic E-state index is 10.8. The molecule has 0 aliphatic heterocycles. The predicted molar refractivity (Wildman–Crippen MR) is 69.2 cm³/mol. The molecule has 0 aromatic heterocycles. The second-order valence-electron chi connectivity index (χ2n) is 4.67. The number of hydrogen-bond acceptors (Lipinski definition) is 3. The van der Waals surface area contributed by atoms with Gasteiger partial charge in [-0.2, -0.15) is 0 Å². The Hall–Kier alpha value is -1.42. The fourth-order valence-corrected chi connectivity index (χ4v) is 1.75. The lowest BCUT2D eigenvalue weighted by Crippen LogP contribution is -2.22. The topological polar surface area (TPSA) is 55.2 Å². The molecule has 0 aliphatic rings. The van der Waals surface area contributed by atoms with Gasteiger partial charge in [0.25, 0.3) is 5.69 Å². The summed E-state index contributed by atoms with van der Waals surface area (Å²) in [6, 6.07) is 5.27. The summed E-state index contributed by atoms with van der Waals surface area (Å²) in [4.78, 5) is 10.5. The van der Waals surface area contributed by atoms with Crippen LogP contribution in [0.1, 0.15) is 25.0 Å². The molecule has 0 fully saturated rings. The Labute approximate surface area is 102 Å². The second kappa shape index (κ2) is 6.35. The lowest BCUT2D eigenvalue weighted by atomic mass is 10.0. The summed E-state index contributed by atoms with van der Waals surface area (Å²) in [7, 11) is 0. The fourth-order valence-electron chi connectivity index (χ4n) is 1.75. The second-order valence-corrected chi connectivity index (χ2v) is 4.67. The first-order chi connectivity index (χ1) is 8.02. The molecule has 0 aliphatic carbocycles. The molecular weight excluding hydrogens is 216 g/mol. The van der Waals surface area contributed by atoms with Crippen molar-refractivity contribution in [1.82, 2.24) is 5.32 Å². The molecule has 4 nitrogen and oxygen atoms in total. The summed E-state index contributed by atoms with van der Waals surface area (Å²) in [6.07, 6.45) is 0.834. The third kappa shape index (κ3) is 4.15. The van der Waals surface area contributed by atoms with Crippen LogP contribution in [0.5, 0.6) is 0 Å². The highest BCUT2D eigenvalue weighted by atomic mass is 16.6. The van der Waals surface area contributed by atoms with Crippen molar-refractivity contribution < 1.29 is 4.92 Å². The molecule has 1 aromatic rings. The van der Waals surface area contributed by atoms with E-state index in [1.54, 1.807) is 12.1 Å². The number of nitro benzene ring substituents is 1. The van der Waals surface area contributed by atoms with Crippen LogP contribution in [0.2, 0.25) is 0 Å². The zero-order chi connectivity index (χ0) is 12.8. The van der Waals surface area contributed by atoms with E-state index in [0.29, 0.717) is 5.92 Å². The highest BCUT2D eigenvalue weighted by Crippen LogP contribution is 2.21. The lowest BCUT2D eigenvalue weighted by Gasteiger charge is -2.09. The van der Waals surface area contributed by atoms with Crippen LogP contribution >= 0.6 is 0 Å². The minimum atomic E-state index is -0.319. The number of rotatable bonds is 6. The SMILES string of the molecule is Cc1c(CCNCC(C)C)cccc1[N+](=O)[O-]. The minimum absolute atomic E-state index is 0.214. The van der Waals surface area contributed by atoms with E-state index in [4.69, 9.17) is 0 Å². The first kappa shape index (κ1) is 13.6. The van der Waals surface area contributed by atoms with E-state index in [0.717, 1.165) is 30.6 Å². The first-order valence-corrected chi connectivity index (χ1v) is 5.96. The van der Waals surface area contributed by atoms with Crippen LogP contribution < -0.4 is 5.32 Å². The molecule has 1 rings (SSSR count). The summed E-state index contributed by atoms with van der Waals surface area (Å²) >= 11 is 0. The Balaban J connectivity index is 2.59. The monoisotopic (exact) mass is 236 g/mol. The largest absolute Gasteiger partial charge is 0.316 e. The van der Waals surface area contributed by atoms with Gasteiger partial charge in [-0.05, 0) is 37.9 Å². The normalized spacial score (nSPS) is 10.8. The molecule has 17 heavy (non-hydrogen) atoms. The van der Waals surface area contributed by atoms with E-state index < -0.39 is 0 Å². The molecular formula is C13H20N2O2. The van der Waals surface area contributed by atoms with E-state index in [-0.39, 0.29) is 10.6 Å². The number of hydrogen-bond donors (Lipinski definition) is 1. The highest BCUT2D eigenvalue weighted by Gasteiger charge is 2.12. The summed E-state index contributed by atoms with van der Waals surface area (Å²) < 4.78 is 0. The summed E-state index contributed by atoms with van der Waals surface area (Å²) in [5.41, 5.74) is 2.05. The number of benzene rings is 1. The molecule has 0 bridgehead atoms. The van der Waals surface area contributed by atoms with Crippen molar-refractivity contribution in [3.8, 4) is 0 Å². The van der Waals surface area contributed by atoms with Gasteiger partial charge in [0, 0.05) is 11.6 Å². The summed E-state index contributed by atoms with van der Waals surface area (Å²) in [5.74, 6) is 0.626. The van der Waals surface area contributed by atoms with E-state index in [1.807, 2.05) is 13.0 Å². The average Bonchev–Trinajstić information content (AvgIpc) is 2.25. The molecule has 4 heteroatoms. The third-order valence-electron chi connectivity index (χ3n) is 2.74. The highest BCUT2D eigenvalue weighted by molar-refractivity contribution is 5.44. The van der Waals surface area contributed by atoms with Gasteiger partial charge in [-0.15, -0.1) is 0 Å². The van der Waals surface area contributed by atoms with Gasteiger partial charge in [0.2, 0.25) is 0 Å². The van der Waals surface area contributed by atoms with E-state index in [2.05, 4.69) is 19.2 Å². The van der Waals surface area contributed by atoms with Crippen LogP contribution in [0.15, 0.2) is 18.2 Å². The Bertz CT molecular complexity index is 389. The van der Waals surface area contributed by atoms with Crippen molar-refractivity contribution >= 4 is 5.69 Å². The predicted octanol–water partition coefficient (Wildman–Crippen LogP) is 2.69. The Kier molecular flexibility index (Phi) is 5.10. The maximum absolute atomic E-state index is 10.8. The van der Waals surface area contributed by atoms with E-state index in [1.165, 1.54) is 0 Å². The smallest absolute Gasteiger partial charge is 0.272 e. The molecule has 0 saturated carbocycles. The standard InChI is InChI=1S/C13H20N2O2/c1-10(2)9-14-8-7-12-5-4-6-13(11(12)3)15(16)17/h4-6,10,14H,7-9H2,1-3H3. The lowest BCUT2D eigenvalue weighted by molar-refractivity contribution is -0.385. The van der Waals surface area contributed by atoms with E-state index >= 15 is 0 Å². The maximum Gasteiger partial charge on any atom is 0.272 e. The van der Waals surface area contributed by atoms with Crippen molar-refractivity contribution in [3.05, 3.63) is 39.4 Å². The van der Waals surface area contributed by atoms with Gasteiger partial charge in [0.1, 0.15) is 0 Å². The Morgan fingerprint density at radius 3 is 2.71 bits per heavy atom. The number of nitrogens with one attached hydrogen (secondary N) is 1. The van der Waals surface area contributed by atoms with Crippen LogP contribution in [0.3, 0.4) is 0 Å². The molecule has 94 valence electrons. The van der Waals surface area contributed by atoms with Gasteiger partial charge in [0.05, 0.1) is 4.92 Å². The molecule has 0 heterocycles. The van der Waals surface area contributed by atoms with Gasteiger partial charge in [0.15, 0.2) is 0 Å². The third-order valence-corrected chi connectivity index (χ3v) is 2.74. The number of nitro groups is 1. The van der Waals surface area contributed by atoms with Crippen LogP contribution in [0.25, 0.3) is 0 Å². The van der Waals surface area contributed by atoms with Crippen LogP contribution in [0.4, 0.5) is 5.69 Å². The van der Waals surface area contributed by atoms with Crippen molar-refractivity contribution in [1.29, 1.82) is 0 Å². The molecule has 0 spiro atoms. The van der Waals surface area contributed by atoms with Gasteiger partial charge in [-0.3, -0.25) is 10.1 Å². The fraction of sp³-hybridized carbons (Fsp3) is 0.538. The van der Waals surface area contributed by atoms with Crippen LogP contribution in [0, 0.1) is 23.0 Å².